The van der Waals surface area contributed by atoms with Crippen molar-refractivity contribution in [3.8, 4) is 0 Å². The number of hydrogen-bond acceptors (Lipinski definition) is 3. The maximum absolute atomic E-state index is 11.7. The van der Waals surface area contributed by atoms with Crippen molar-refractivity contribution < 1.29 is 4.79 Å². The topological polar surface area (TPSA) is 68.0 Å². The average molecular weight is 207 g/mol. The number of nitrogens with two attached hydrogens (primary N) is 1. The predicted octanol–water partition coefficient (Wildman–Crippen LogP) is 1.58. The number of aromatic nitrogens is 1. The molecule has 0 aliphatic heterocycles. The van der Waals surface area contributed by atoms with E-state index in [0.29, 0.717) is 11.5 Å². The van der Waals surface area contributed by atoms with Gasteiger partial charge in [-0.2, -0.15) is 0 Å². The van der Waals surface area contributed by atoms with Gasteiger partial charge in [0, 0.05) is 6.04 Å². The Balaban J connectivity index is 2.68. The SMILES string of the molecule is CCC(CC)NC(=O)c1cccc(N)n1. The summed E-state index contributed by atoms with van der Waals surface area (Å²) in [7, 11) is 0. The molecule has 1 amide bonds. The number of anilines is 1. The van der Waals surface area contributed by atoms with Crippen molar-refractivity contribution in [2.24, 2.45) is 0 Å². The fourth-order valence-electron chi connectivity index (χ4n) is 1.33. The van der Waals surface area contributed by atoms with Crippen molar-refractivity contribution in [1.29, 1.82) is 0 Å². The zero-order chi connectivity index (χ0) is 11.3. The number of nitrogen functional groups attached to an aromatic ring is 1. The molecule has 1 aromatic heterocycles. The molecule has 1 rings (SSSR count). The normalized spacial score (nSPS) is 10.3. The van der Waals surface area contributed by atoms with E-state index in [1.807, 2.05) is 13.8 Å². The second-order valence-corrected chi connectivity index (χ2v) is 3.43. The highest BCUT2D eigenvalue weighted by Gasteiger charge is 2.11. The fourth-order valence-corrected chi connectivity index (χ4v) is 1.33. The van der Waals surface area contributed by atoms with Crippen molar-refractivity contribution in [2.45, 2.75) is 32.7 Å². The Kier molecular flexibility index (Phi) is 4.09. The van der Waals surface area contributed by atoms with Crippen molar-refractivity contribution in [2.75, 3.05) is 5.73 Å². The molecule has 0 aliphatic carbocycles. The van der Waals surface area contributed by atoms with Crippen LogP contribution < -0.4 is 11.1 Å². The van der Waals surface area contributed by atoms with Crippen LogP contribution in [0, 0.1) is 0 Å². The summed E-state index contributed by atoms with van der Waals surface area (Å²) in [5.74, 6) is 0.211. The molecule has 0 spiro atoms. The molecular formula is C11H17N3O. The lowest BCUT2D eigenvalue weighted by Crippen LogP contribution is -2.34. The minimum absolute atomic E-state index is 0.156. The molecule has 0 bridgehead atoms. The first-order valence-corrected chi connectivity index (χ1v) is 5.20. The van der Waals surface area contributed by atoms with Crippen LogP contribution in [0.15, 0.2) is 18.2 Å². The Labute approximate surface area is 89.9 Å². The maximum Gasteiger partial charge on any atom is 0.270 e. The number of nitrogens with zero attached hydrogens (tertiary/aromatic N) is 1. The highest BCUT2D eigenvalue weighted by Crippen LogP contribution is 2.02. The van der Waals surface area contributed by atoms with Crippen LogP contribution in [-0.2, 0) is 0 Å². The van der Waals surface area contributed by atoms with Crippen LogP contribution in [-0.4, -0.2) is 16.9 Å². The second kappa shape index (κ2) is 5.34. The zero-order valence-electron chi connectivity index (χ0n) is 9.16. The number of nitrogens with one attached hydrogen (secondary N) is 1. The number of amides is 1. The summed E-state index contributed by atoms with van der Waals surface area (Å²) in [6.45, 7) is 4.09. The van der Waals surface area contributed by atoms with E-state index in [9.17, 15) is 4.79 Å². The fraction of sp³-hybridized carbons (Fsp3) is 0.455. The van der Waals surface area contributed by atoms with Gasteiger partial charge in [0.2, 0.25) is 0 Å². The quantitative estimate of drug-likeness (QED) is 0.787. The highest BCUT2D eigenvalue weighted by atomic mass is 16.1. The van der Waals surface area contributed by atoms with E-state index in [0.717, 1.165) is 12.8 Å². The van der Waals surface area contributed by atoms with Gasteiger partial charge in [-0.05, 0) is 25.0 Å². The average Bonchev–Trinajstić information content (AvgIpc) is 2.25. The molecule has 0 atom stereocenters. The van der Waals surface area contributed by atoms with Gasteiger partial charge in [-0.15, -0.1) is 0 Å². The van der Waals surface area contributed by atoms with Crippen molar-refractivity contribution in [3.05, 3.63) is 23.9 Å². The van der Waals surface area contributed by atoms with Crippen LogP contribution in [0.25, 0.3) is 0 Å². The molecule has 0 unspecified atom stereocenters. The van der Waals surface area contributed by atoms with Gasteiger partial charge in [-0.1, -0.05) is 19.9 Å². The Bertz CT molecular complexity index is 334. The summed E-state index contributed by atoms with van der Waals surface area (Å²) in [6.07, 6.45) is 1.84. The van der Waals surface area contributed by atoms with E-state index in [-0.39, 0.29) is 11.9 Å². The van der Waals surface area contributed by atoms with Gasteiger partial charge in [0.05, 0.1) is 0 Å². The molecule has 3 N–H and O–H groups in total. The minimum Gasteiger partial charge on any atom is -0.384 e. The minimum atomic E-state index is -0.156. The predicted molar refractivity (Wildman–Crippen MR) is 60.5 cm³/mol. The van der Waals surface area contributed by atoms with Gasteiger partial charge < -0.3 is 11.1 Å². The van der Waals surface area contributed by atoms with E-state index < -0.39 is 0 Å². The molecule has 15 heavy (non-hydrogen) atoms. The molecule has 0 saturated carbocycles. The molecule has 4 heteroatoms. The van der Waals surface area contributed by atoms with Crippen LogP contribution in [0.3, 0.4) is 0 Å². The summed E-state index contributed by atoms with van der Waals surface area (Å²) in [6, 6.07) is 5.26. The third-order valence-electron chi connectivity index (χ3n) is 2.32. The Hall–Kier alpha value is -1.58. The summed E-state index contributed by atoms with van der Waals surface area (Å²) >= 11 is 0. The number of pyridine rings is 1. The van der Waals surface area contributed by atoms with E-state index >= 15 is 0 Å². The van der Waals surface area contributed by atoms with Crippen molar-refractivity contribution >= 4 is 11.7 Å². The lowest BCUT2D eigenvalue weighted by Gasteiger charge is -2.14. The van der Waals surface area contributed by atoms with Gasteiger partial charge in [0.1, 0.15) is 11.5 Å². The largest absolute Gasteiger partial charge is 0.384 e. The lowest BCUT2D eigenvalue weighted by molar-refractivity contribution is 0.0930. The van der Waals surface area contributed by atoms with Crippen molar-refractivity contribution in [1.82, 2.24) is 10.3 Å². The van der Waals surface area contributed by atoms with E-state index in [2.05, 4.69) is 10.3 Å². The summed E-state index contributed by atoms with van der Waals surface area (Å²) in [5, 5.41) is 2.90. The molecule has 0 fully saturated rings. The first-order chi connectivity index (χ1) is 7.17. The van der Waals surface area contributed by atoms with Gasteiger partial charge >= 0.3 is 0 Å². The van der Waals surface area contributed by atoms with Gasteiger partial charge in [0.25, 0.3) is 5.91 Å². The maximum atomic E-state index is 11.7. The van der Waals surface area contributed by atoms with E-state index in [4.69, 9.17) is 5.73 Å². The molecule has 82 valence electrons. The van der Waals surface area contributed by atoms with E-state index in [1.54, 1.807) is 18.2 Å². The molecule has 0 saturated heterocycles. The third-order valence-corrected chi connectivity index (χ3v) is 2.32. The van der Waals surface area contributed by atoms with Gasteiger partial charge in [0.15, 0.2) is 0 Å². The van der Waals surface area contributed by atoms with Crippen LogP contribution in [0.4, 0.5) is 5.82 Å². The van der Waals surface area contributed by atoms with Crippen LogP contribution >= 0.6 is 0 Å². The summed E-state index contributed by atoms with van der Waals surface area (Å²) in [4.78, 5) is 15.7. The lowest BCUT2D eigenvalue weighted by atomic mass is 10.1. The first kappa shape index (κ1) is 11.5. The second-order valence-electron chi connectivity index (χ2n) is 3.43. The van der Waals surface area contributed by atoms with Crippen LogP contribution in [0.2, 0.25) is 0 Å². The van der Waals surface area contributed by atoms with E-state index in [1.165, 1.54) is 0 Å². The molecule has 0 aromatic carbocycles. The molecule has 4 nitrogen and oxygen atoms in total. The number of rotatable bonds is 4. The molecule has 1 aromatic rings. The van der Waals surface area contributed by atoms with Crippen molar-refractivity contribution in [3.63, 3.8) is 0 Å². The smallest absolute Gasteiger partial charge is 0.270 e. The Morgan fingerprint density at radius 3 is 2.67 bits per heavy atom. The van der Waals surface area contributed by atoms with Crippen LogP contribution in [0.5, 0.6) is 0 Å². The van der Waals surface area contributed by atoms with Crippen LogP contribution in [0.1, 0.15) is 37.2 Å². The molecule has 0 radical (unpaired) electrons. The Morgan fingerprint density at radius 2 is 2.13 bits per heavy atom. The van der Waals surface area contributed by atoms with Gasteiger partial charge in [-0.3, -0.25) is 4.79 Å². The monoisotopic (exact) mass is 207 g/mol. The molecule has 1 heterocycles. The molecule has 0 aliphatic rings. The third kappa shape index (κ3) is 3.23. The highest BCUT2D eigenvalue weighted by molar-refractivity contribution is 5.92. The standard InChI is InChI=1S/C11H17N3O/c1-3-8(4-2)13-11(15)9-6-5-7-10(12)14-9/h5-8H,3-4H2,1-2H3,(H2,12,14)(H,13,15). The number of hydrogen-bond donors (Lipinski definition) is 2. The first-order valence-electron chi connectivity index (χ1n) is 5.20. The number of carbonyl (C=O) groups is 1. The Morgan fingerprint density at radius 1 is 1.47 bits per heavy atom. The summed E-state index contributed by atoms with van der Waals surface area (Å²) in [5.41, 5.74) is 5.88. The summed E-state index contributed by atoms with van der Waals surface area (Å²) < 4.78 is 0. The van der Waals surface area contributed by atoms with Gasteiger partial charge in [-0.25, -0.2) is 4.98 Å². The molecular weight excluding hydrogens is 190 g/mol. The zero-order valence-corrected chi connectivity index (χ0v) is 9.16. The number of carbonyl (C=O) groups excluding carboxylic acids is 1.